The highest BCUT2D eigenvalue weighted by Gasteiger charge is 2.32. The first kappa shape index (κ1) is 17.3. The average molecular weight is 360 g/mol. The quantitative estimate of drug-likeness (QED) is 0.892. The molecule has 0 aliphatic carbocycles. The maximum Gasteiger partial charge on any atom is 0.262 e. The molecule has 0 spiro atoms. The third-order valence-electron chi connectivity index (χ3n) is 3.72. The van der Waals surface area contributed by atoms with Crippen molar-refractivity contribution in [2.45, 2.75) is 25.9 Å². The second-order valence-electron chi connectivity index (χ2n) is 6.46. The number of hydrogen-bond donors (Lipinski definition) is 1. The van der Waals surface area contributed by atoms with E-state index in [2.05, 4.69) is 5.32 Å². The summed E-state index contributed by atoms with van der Waals surface area (Å²) in [7, 11) is 0. The Morgan fingerprint density at radius 3 is 2.68 bits per heavy atom. The number of fused-ring (bicyclic) bond motifs is 1. The predicted octanol–water partition coefficient (Wildman–Crippen LogP) is 4.10. The molecule has 0 radical (unpaired) electrons. The highest BCUT2D eigenvalue weighted by molar-refractivity contribution is 6.30. The molecule has 25 heavy (non-hydrogen) atoms. The smallest absolute Gasteiger partial charge is 0.262 e. The number of halogens is 1. The van der Waals surface area contributed by atoms with Gasteiger partial charge in [0.05, 0.1) is 12.0 Å². The summed E-state index contributed by atoms with van der Waals surface area (Å²) in [5, 5.41) is 3.32. The zero-order chi connectivity index (χ0) is 18.0. The Labute approximate surface area is 150 Å². The fourth-order valence-corrected chi connectivity index (χ4v) is 2.73. The van der Waals surface area contributed by atoms with Crippen LogP contribution in [0.25, 0.3) is 0 Å². The van der Waals surface area contributed by atoms with Gasteiger partial charge in [-0.2, -0.15) is 0 Å². The van der Waals surface area contributed by atoms with E-state index in [0.717, 1.165) is 0 Å². The van der Waals surface area contributed by atoms with Crippen molar-refractivity contribution >= 4 is 29.0 Å². The van der Waals surface area contributed by atoms with Gasteiger partial charge in [0, 0.05) is 10.7 Å². The Bertz CT molecular complexity index is 815. The van der Waals surface area contributed by atoms with E-state index in [1.807, 2.05) is 13.8 Å². The lowest BCUT2D eigenvalue weighted by atomic mass is 9.93. The summed E-state index contributed by atoms with van der Waals surface area (Å²) in [6, 6.07) is 11.8. The van der Waals surface area contributed by atoms with Gasteiger partial charge in [0.1, 0.15) is 17.1 Å². The lowest BCUT2D eigenvalue weighted by molar-refractivity contribution is -0.118. The molecule has 0 unspecified atom stereocenters. The first-order chi connectivity index (χ1) is 11.8. The highest BCUT2D eigenvalue weighted by Crippen LogP contribution is 2.34. The first-order valence-electron chi connectivity index (χ1n) is 7.87. The van der Waals surface area contributed by atoms with E-state index in [4.69, 9.17) is 21.1 Å². The number of rotatable bonds is 4. The van der Waals surface area contributed by atoms with Crippen LogP contribution >= 0.6 is 11.6 Å². The second-order valence-corrected chi connectivity index (χ2v) is 6.90. The fraction of sp³-hybridized carbons (Fsp3) is 0.263. The van der Waals surface area contributed by atoms with Gasteiger partial charge in [0.25, 0.3) is 5.91 Å². The van der Waals surface area contributed by atoms with Crippen molar-refractivity contribution in [2.75, 3.05) is 11.9 Å². The van der Waals surface area contributed by atoms with Crippen LogP contribution in [0.3, 0.4) is 0 Å². The number of Topliss-reactive ketones (excluding diaryl/α,β-unsaturated/α-hetero) is 1. The SMILES string of the molecule is CC1(C)CC(=O)c2cc(NC(=O)COc3ccc(Cl)cc3)ccc2O1. The summed E-state index contributed by atoms with van der Waals surface area (Å²) >= 11 is 5.80. The first-order valence-corrected chi connectivity index (χ1v) is 8.25. The lowest BCUT2D eigenvalue weighted by Gasteiger charge is -2.31. The summed E-state index contributed by atoms with van der Waals surface area (Å²) < 4.78 is 11.2. The minimum atomic E-state index is -0.513. The minimum Gasteiger partial charge on any atom is -0.487 e. The molecule has 0 atom stereocenters. The number of amides is 1. The van der Waals surface area contributed by atoms with E-state index in [1.165, 1.54) is 0 Å². The monoisotopic (exact) mass is 359 g/mol. The van der Waals surface area contributed by atoms with Crippen LogP contribution in [0.1, 0.15) is 30.6 Å². The van der Waals surface area contributed by atoms with E-state index in [9.17, 15) is 9.59 Å². The van der Waals surface area contributed by atoms with Gasteiger partial charge < -0.3 is 14.8 Å². The predicted molar refractivity (Wildman–Crippen MR) is 95.7 cm³/mol. The fourth-order valence-electron chi connectivity index (χ4n) is 2.61. The molecular formula is C19H18ClNO4. The minimum absolute atomic E-state index is 0.000219. The van der Waals surface area contributed by atoms with Gasteiger partial charge in [-0.1, -0.05) is 11.6 Å². The van der Waals surface area contributed by atoms with Crippen LogP contribution in [-0.2, 0) is 4.79 Å². The Kier molecular flexibility index (Phi) is 4.68. The van der Waals surface area contributed by atoms with Gasteiger partial charge in [-0.05, 0) is 56.3 Å². The molecule has 6 heteroatoms. The lowest BCUT2D eigenvalue weighted by Crippen LogP contribution is -2.35. The molecule has 0 bridgehead atoms. The summed E-state index contributed by atoms with van der Waals surface area (Å²) in [5.74, 6) is 0.770. The van der Waals surface area contributed by atoms with Crippen molar-refractivity contribution < 1.29 is 19.1 Å². The Hall–Kier alpha value is -2.53. The molecule has 2 aromatic carbocycles. The van der Waals surface area contributed by atoms with Crippen LogP contribution in [0.4, 0.5) is 5.69 Å². The highest BCUT2D eigenvalue weighted by atomic mass is 35.5. The molecule has 1 heterocycles. The van der Waals surface area contributed by atoms with E-state index in [0.29, 0.717) is 34.2 Å². The molecule has 130 valence electrons. The Morgan fingerprint density at radius 2 is 1.96 bits per heavy atom. The summed E-state index contributed by atoms with van der Waals surface area (Å²) in [5.41, 5.74) is 0.497. The van der Waals surface area contributed by atoms with Crippen molar-refractivity contribution in [3.63, 3.8) is 0 Å². The van der Waals surface area contributed by atoms with Crippen LogP contribution in [0.2, 0.25) is 5.02 Å². The molecule has 5 nitrogen and oxygen atoms in total. The molecule has 1 N–H and O–H groups in total. The Morgan fingerprint density at radius 1 is 1.24 bits per heavy atom. The normalized spacial score (nSPS) is 15.1. The molecule has 1 aliphatic heterocycles. The van der Waals surface area contributed by atoms with E-state index < -0.39 is 5.60 Å². The van der Waals surface area contributed by atoms with Crippen molar-refractivity contribution in [3.05, 3.63) is 53.1 Å². The number of ether oxygens (including phenoxy) is 2. The summed E-state index contributed by atoms with van der Waals surface area (Å²) in [4.78, 5) is 24.3. The van der Waals surface area contributed by atoms with Gasteiger partial charge in [0.15, 0.2) is 12.4 Å². The number of carbonyl (C=O) groups is 2. The average Bonchev–Trinajstić information content (AvgIpc) is 2.54. The molecule has 3 rings (SSSR count). The second kappa shape index (κ2) is 6.76. The molecular weight excluding hydrogens is 342 g/mol. The van der Waals surface area contributed by atoms with Crippen LogP contribution < -0.4 is 14.8 Å². The van der Waals surface area contributed by atoms with Gasteiger partial charge >= 0.3 is 0 Å². The maximum absolute atomic E-state index is 12.2. The zero-order valence-corrected chi connectivity index (χ0v) is 14.7. The standard InChI is InChI=1S/C19H18ClNO4/c1-19(2)10-16(22)15-9-13(5-8-17(15)25-19)21-18(23)11-24-14-6-3-12(20)4-7-14/h3-9H,10-11H2,1-2H3,(H,21,23). The van der Waals surface area contributed by atoms with Crippen LogP contribution in [0, 0.1) is 0 Å². The third-order valence-corrected chi connectivity index (χ3v) is 3.97. The number of nitrogens with one attached hydrogen (secondary N) is 1. The van der Waals surface area contributed by atoms with Crippen molar-refractivity contribution in [1.29, 1.82) is 0 Å². The van der Waals surface area contributed by atoms with Gasteiger partial charge in [-0.15, -0.1) is 0 Å². The number of carbonyl (C=O) groups excluding carboxylic acids is 2. The third kappa shape index (κ3) is 4.31. The molecule has 0 saturated carbocycles. The number of hydrogen-bond acceptors (Lipinski definition) is 4. The summed E-state index contributed by atoms with van der Waals surface area (Å²) in [6.07, 6.45) is 0.303. The largest absolute Gasteiger partial charge is 0.487 e. The van der Waals surface area contributed by atoms with Gasteiger partial charge in [-0.25, -0.2) is 0 Å². The molecule has 0 aromatic heterocycles. The topological polar surface area (TPSA) is 64.6 Å². The molecule has 2 aromatic rings. The van der Waals surface area contributed by atoms with Crippen molar-refractivity contribution in [2.24, 2.45) is 0 Å². The van der Waals surface area contributed by atoms with Crippen LogP contribution in [0.5, 0.6) is 11.5 Å². The van der Waals surface area contributed by atoms with Gasteiger partial charge in [-0.3, -0.25) is 9.59 Å². The van der Waals surface area contributed by atoms with Crippen molar-refractivity contribution in [1.82, 2.24) is 0 Å². The number of benzene rings is 2. The maximum atomic E-state index is 12.2. The molecule has 0 fully saturated rings. The molecule has 1 aliphatic rings. The van der Waals surface area contributed by atoms with Gasteiger partial charge in [0.2, 0.25) is 0 Å². The molecule has 1 amide bonds. The molecule has 0 saturated heterocycles. The van der Waals surface area contributed by atoms with Crippen molar-refractivity contribution in [3.8, 4) is 11.5 Å². The van der Waals surface area contributed by atoms with E-state index in [-0.39, 0.29) is 18.3 Å². The number of anilines is 1. The number of ketones is 1. The van der Waals surface area contributed by atoms with Crippen LogP contribution in [-0.4, -0.2) is 23.9 Å². The summed E-state index contributed by atoms with van der Waals surface area (Å²) in [6.45, 7) is 3.60. The Balaban J connectivity index is 1.63. The van der Waals surface area contributed by atoms with E-state index >= 15 is 0 Å². The van der Waals surface area contributed by atoms with Crippen LogP contribution in [0.15, 0.2) is 42.5 Å². The zero-order valence-electron chi connectivity index (χ0n) is 14.0. The van der Waals surface area contributed by atoms with E-state index in [1.54, 1.807) is 42.5 Å².